The molecule has 4 aromatic rings. The van der Waals surface area contributed by atoms with Gasteiger partial charge in [-0.2, -0.15) is 0 Å². The molecule has 5 rings (SSSR count). The van der Waals surface area contributed by atoms with Crippen LogP contribution in [0.1, 0.15) is 45.8 Å². The standard InChI is InChI=1S/C29H28N2O4S/c1-19-9-12-22(13-10-19)36(33,34)31(2)28-23(20-7-5-4-6-8-20)14-15-24(28)26-18-30-27-16-11-21(17-25(26)27)29(32)35-3/h4-13,16-18,24,30H,14-15H2,1-3H3/t24-/m1/s1. The summed E-state index contributed by atoms with van der Waals surface area (Å²) in [5.74, 6) is -0.581. The third kappa shape index (κ3) is 4.09. The smallest absolute Gasteiger partial charge is 0.337 e. The average molecular weight is 501 g/mol. The summed E-state index contributed by atoms with van der Waals surface area (Å²) in [5.41, 5.74) is 6.08. The van der Waals surface area contributed by atoms with E-state index in [0.717, 1.165) is 51.7 Å². The molecule has 7 heteroatoms. The lowest BCUT2D eigenvalue weighted by Crippen LogP contribution is -2.28. The van der Waals surface area contributed by atoms with E-state index in [1.165, 1.54) is 11.4 Å². The Balaban J connectivity index is 1.67. The van der Waals surface area contributed by atoms with E-state index in [4.69, 9.17) is 4.74 Å². The topological polar surface area (TPSA) is 79.5 Å². The fourth-order valence-electron chi connectivity index (χ4n) is 5.08. The number of aryl methyl sites for hydroxylation is 1. The molecule has 1 aliphatic carbocycles. The molecule has 0 aliphatic heterocycles. The quantitative estimate of drug-likeness (QED) is 0.336. The fraction of sp³-hybridized carbons (Fsp3) is 0.207. The minimum atomic E-state index is -3.79. The van der Waals surface area contributed by atoms with Crippen molar-refractivity contribution in [2.24, 2.45) is 0 Å². The second-order valence-corrected chi connectivity index (χ2v) is 11.1. The normalized spacial score (nSPS) is 15.9. The van der Waals surface area contributed by atoms with Gasteiger partial charge in [0.15, 0.2) is 0 Å². The second-order valence-electron chi connectivity index (χ2n) is 9.10. The van der Waals surface area contributed by atoms with Crippen LogP contribution >= 0.6 is 0 Å². The van der Waals surface area contributed by atoms with Crippen molar-refractivity contribution >= 4 is 32.5 Å². The molecule has 0 fully saturated rings. The van der Waals surface area contributed by atoms with Gasteiger partial charge in [-0.05, 0) is 66.8 Å². The molecule has 0 spiro atoms. The Morgan fingerprint density at radius 2 is 1.75 bits per heavy atom. The van der Waals surface area contributed by atoms with Gasteiger partial charge >= 0.3 is 5.97 Å². The molecule has 36 heavy (non-hydrogen) atoms. The summed E-state index contributed by atoms with van der Waals surface area (Å²) in [6.45, 7) is 1.93. The number of aromatic nitrogens is 1. The largest absolute Gasteiger partial charge is 0.465 e. The van der Waals surface area contributed by atoms with Crippen LogP contribution in [0.25, 0.3) is 16.5 Å². The van der Waals surface area contributed by atoms with Crippen LogP contribution in [0, 0.1) is 6.92 Å². The zero-order valence-corrected chi connectivity index (χ0v) is 21.3. The molecule has 1 aromatic heterocycles. The maximum absolute atomic E-state index is 13.8. The number of allylic oxidation sites excluding steroid dienone is 2. The number of rotatable bonds is 6. The van der Waals surface area contributed by atoms with Crippen LogP contribution in [0.2, 0.25) is 0 Å². The van der Waals surface area contributed by atoms with Crippen LogP contribution in [0.15, 0.2) is 89.6 Å². The van der Waals surface area contributed by atoms with E-state index in [-0.39, 0.29) is 10.8 Å². The number of carbonyl (C=O) groups is 1. The van der Waals surface area contributed by atoms with E-state index in [1.807, 2.05) is 67.7 Å². The van der Waals surface area contributed by atoms with Gasteiger partial charge in [-0.25, -0.2) is 13.2 Å². The summed E-state index contributed by atoms with van der Waals surface area (Å²) >= 11 is 0. The molecule has 3 aromatic carbocycles. The Hall–Kier alpha value is -3.84. The highest BCUT2D eigenvalue weighted by Crippen LogP contribution is 2.48. The van der Waals surface area contributed by atoms with Crippen molar-refractivity contribution in [1.82, 2.24) is 9.29 Å². The average Bonchev–Trinajstić information content (AvgIpc) is 3.52. The Kier molecular flexibility index (Phi) is 6.18. The van der Waals surface area contributed by atoms with Gasteiger partial charge in [-0.3, -0.25) is 4.31 Å². The molecule has 0 amide bonds. The number of esters is 1. The van der Waals surface area contributed by atoms with E-state index >= 15 is 0 Å². The molecule has 0 saturated carbocycles. The maximum atomic E-state index is 13.8. The van der Waals surface area contributed by atoms with Gasteiger partial charge in [0, 0.05) is 35.8 Å². The molecule has 0 bridgehead atoms. The number of H-pyrrole nitrogens is 1. The number of benzene rings is 3. The van der Waals surface area contributed by atoms with Gasteiger partial charge in [0.2, 0.25) is 0 Å². The molecule has 0 radical (unpaired) electrons. The summed E-state index contributed by atoms with van der Waals surface area (Å²) in [7, 11) is -0.792. The van der Waals surface area contributed by atoms with Crippen LogP contribution < -0.4 is 0 Å². The predicted octanol–water partition coefficient (Wildman–Crippen LogP) is 5.87. The number of fused-ring (bicyclic) bond motifs is 1. The number of carbonyl (C=O) groups excluding carboxylic acids is 1. The molecular formula is C29H28N2O4S. The van der Waals surface area contributed by atoms with Gasteiger partial charge in [0.05, 0.1) is 17.6 Å². The van der Waals surface area contributed by atoms with Crippen LogP contribution in [0.3, 0.4) is 0 Å². The van der Waals surface area contributed by atoms with Crippen LogP contribution in [-0.4, -0.2) is 37.8 Å². The minimum Gasteiger partial charge on any atom is -0.465 e. The van der Waals surface area contributed by atoms with Crippen molar-refractivity contribution in [2.45, 2.75) is 30.6 Å². The number of ether oxygens (including phenoxy) is 1. The Bertz CT molecular complexity index is 1570. The number of sulfonamides is 1. The Morgan fingerprint density at radius 1 is 1.03 bits per heavy atom. The highest BCUT2D eigenvalue weighted by atomic mass is 32.2. The van der Waals surface area contributed by atoms with Gasteiger partial charge in [0.1, 0.15) is 0 Å². The van der Waals surface area contributed by atoms with E-state index in [9.17, 15) is 13.2 Å². The second kappa shape index (κ2) is 9.32. The molecule has 184 valence electrons. The zero-order valence-electron chi connectivity index (χ0n) is 20.5. The van der Waals surface area contributed by atoms with Gasteiger partial charge in [-0.1, -0.05) is 48.0 Å². The third-order valence-corrected chi connectivity index (χ3v) is 8.76. The summed E-state index contributed by atoms with van der Waals surface area (Å²) < 4.78 is 33.9. The number of aromatic amines is 1. The molecular weight excluding hydrogens is 472 g/mol. The van der Waals surface area contributed by atoms with Crippen LogP contribution in [-0.2, 0) is 14.8 Å². The Morgan fingerprint density at radius 3 is 2.44 bits per heavy atom. The van der Waals surface area contributed by atoms with E-state index in [1.54, 1.807) is 25.2 Å². The van der Waals surface area contributed by atoms with Gasteiger partial charge < -0.3 is 9.72 Å². The van der Waals surface area contributed by atoms with Crippen molar-refractivity contribution in [3.05, 3.63) is 107 Å². The number of methoxy groups -OCH3 is 1. The molecule has 1 atom stereocenters. The lowest BCUT2D eigenvalue weighted by atomic mass is 9.94. The van der Waals surface area contributed by atoms with Crippen LogP contribution in [0.4, 0.5) is 0 Å². The van der Waals surface area contributed by atoms with Crippen molar-refractivity contribution < 1.29 is 17.9 Å². The minimum absolute atomic E-state index is 0.174. The molecule has 1 aliphatic rings. The molecule has 1 heterocycles. The summed E-state index contributed by atoms with van der Waals surface area (Å²) in [6, 6.07) is 22.3. The number of hydrogen-bond acceptors (Lipinski definition) is 4. The van der Waals surface area contributed by atoms with Crippen molar-refractivity contribution in [1.29, 1.82) is 0 Å². The lowest BCUT2D eigenvalue weighted by Gasteiger charge is -2.27. The predicted molar refractivity (Wildman–Crippen MR) is 141 cm³/mol. The lowest BCUT2D eigenvalue weighted by molar-refractivity contribution is 0.0601. The monoisotopic (exact) mass is 500 g/mol. The number of nitrogens with zero attached hydrogens (tertiary/aromatic N) is 1. The van der Waals surface area contributed by atoms with E-state index < -0.39 is 16.0 Å². The fourth-order valence-corrected chi connectivity index (χ4v) is 6.37. The molecule has 0 saturated heterocycles. The van der Waals surface area contributed by atoms with Crippen molar-refractivity contribution in [2.75, 3.05) is 14.2 Å². The first-order valence-corrected chi connectivity index (χ1v) is 13.3. The van der Waals surface area contributed by atoms with Gasteiger partial charge in [-0.15, -0.1) is 0 Å². The Labute approximate surface area is 211 Å². The van der Waals surface area contributed by atoms with Crippen molar-refractivity contribution in [3.63, 3.8) is 0 Å². The van der Waals surface area contributed by atoms with E-state index in [2.05, 4.69) is 4.98 Å². The number of nitrogens with one attached hydrogen (secondary N) is 1. The van der Waals surface area contributed by atoms with E-state index in [0.29, 0.717) is 5.56 Å². The molecule has 1 N–H and O–H groups in total. The maximum Gasteiger partial charge on any atom is 0.337 e. The van der Waals surface area contributed by atoms with Crippen LogP contribution in [0.5, 0.6) is 0 Å². The summed E-state index contributed by atoms with van der Waals surface area (Å²) in [6.07, 6.45) is 3.42. The van der Waals surface area contributed by atoms with Gasteiger partial charge in [0.25, 0.3) is 10.0 Å². The highest BCUT2D eigenvalue weighted by molar-refractivity contribution is 7.89. The first kappa shape index (κ1) is 23.9. The first-order chi connectivity index (χ1) is 17.3. The third-order valence-electron chi connectivity index (χ3n) is 6.97. The SMILES string of the molecule is COC(=O)c1ccc2[nH]cc([C@H]3CCC(c4ccccc4)=C3N(C)S(=O)(=O)c3ccc(C)cc3)c2c1. The zero-order chi connectivity index (χ0) is 25.4. The highest BCUT2D eigenvalue weighted by Gasteiger charge is 2.36. The summed E-state index contributed by atoms with van der Waals surface area (Å²) in [4.78, 5) is 15.8. The number of hydrogen-bond donors (Lipinski definition) is 1. The molecule has 0 unspecified atom stereocenters. The number of likely N-dealkylation sites (N-methyl/N-ethyl adjacent to an activating group) is 1. The van der Waals surface area contributed by atoms with Crippen molar-refractivity contribution in [3.8, 4) is 0 Å². The molecule has 6 nitrogen and oxygen atoms in total. The first-order valence-electron chi connectivity index (χ1n) is 11.8. The summed E-state index contributed by atoms with van der Waals surface area (Å²) in [5, 5.41) is 0.885.